The van der Waals surface area contributed by atoms with E-state index < -0.39 is 0 Å². The van der Waals surface area contributed by atoms with Crippen molar-refractivity contribution in [2.24, 2.45) is 0 Å². The fourth-order valence-electron chi connectivity index (χ4n) is 5.94. The molecular weight excluding hydrogens is 639 g/mol. The highest BCUT2D eigenvalue weighted by atomic mass is 32.2. The van der Waals surface area contributed by atoms with Crippen LogP contribution in [0.5, 0.6) is 5.75 Å². The standard InChI is InChI=1S/C43H33N3OS2/c1-3-11-29(31-19-22-37-42(26-31)48-40-16-9-7-14-35(40)45-37)24-28(2)47-39-25-30(18-21-34(39)44-33-12-5-4-6-13-33)32-20-23-38-43(27-32)49-41-17-10-8-15-36(41)46-38/h3-27,44-46H,2H2,1H3/b11-3-,29-24+. The number of para-hydroxylation sites is 3. The molecular formula is C43H33N3OS2. The van der Waals surface area contributed by atoms with Crippen LogP contribution < -0.4 is 20.7 Å². The summed E-state index contributed by atoms with van der Waals surface area (Å²) < 4.78 is 6.59. The van der Waals surface area contributed by atoms with Gasteiger partial charge in [0.05, 0.1) is 28.4 Å². The lowest BCUT2D eigenvalue weighted by molar-refractivity contribution is 0.449. The number of hydrogen-bond donors (Lipinski definition) is 3. The second-order valence-corrected chi connectivity index (χ2v) is 13.9. The normalized spacial score (nSPS) is 12.9. The topological polar surface area (TPSA) is 45.3 Å². The highest BCUT2D eigenvalue weighted by Crippen LogP contribution is 2.47. The lowest BCUT2D eigenvalue weighted by atomic mass is 10.0. The maximum atomic E-state index is 6.59. The van der Waals surface area contributed by atoms with E-state index in [-0.39, 0.29) is 0 Å². The second kappa shape index (κ2) is 13.5. The van der Waals surface area contributed by atoms with E-state index in [1.54, 1.807) is 23.5 Å². The summed E-state index contributed by atoms with van der Waals surface area (Å²) in [6, 6.07) is 46.3. The minimum atomic E-state index is 0.539. The number of allylic oxidation sites excluding steroid dienone is 4. The van der Waals surface area contributed by atoms with Gasteiger partial charge < -0.3 is 20.7 Å². The number of benzene rings is 6. The fourth-order valence-corrected chi connectivity index (χ4v) is 8.00. The quantitative estimate of drug-likeness (QED) is 0.110. The molecule has 2 heterocycles. The first-order valence-corrected chi connectivity index (χ1v) is 17.8. The fraction of sp³-hybridized carbons (Fsp3) is 0.0233. The van der Waals surface area contributed by atoms with Gasteiger partial charge >= 0.3 is 0 Å². The van der Waals surface area contributed by atoms with Crippen LogP contribution >= 0.6 is 23.5 Å². The summed E-state index contributed by atoms with van der Waals surface area (Å²) in [6.07, 6.45) is 6.15. The molecule has 0 aromatic heterocycles. The van der Waals surface area contributed by atoms with Crippen LogP contribution in [0.25, 0.3) is 16.7 Å². The van der Waals surface area contributed by atoms with Gasteiger partial charge in [0.25, 0.3) is 0 Å². The van der Waals surface area contributed by atoms with E-state index in [2.05, 4.69) is 132 Å². The van der Waals surface area contributed by atoms with Crippen molar-refractivity contribution in [2.45, 2.75) is 26.5 Å². The first-order valence-electron chi connectivity index (χ1n) is 16.1. The molecule has 0 aliphatic carbocycles. The van der Waals surface area contributed by atoms with E-state index in [1.165, 1.54) is 19.6 Å². The Morgan fingerprint density at radius 3 is 1.94 bits per heavy atom. The molecule has 6 aromatic carbocycles. The molecule has 0 unspecified atom stereocenters. The molecule has 0 radical (unpaired) electrons. The third-order valence-electron chi connectivity index (χ3n) is 8.32. The zero-order chi connectivity index (χ0) is 33.2. The minimum Gasteiger partial charge on any atom is -0.456 e. The SMILES string of the molecule is C=C(/C=C(\C=C/C)c1ccc2c(c1)Sc1ccccc1N2)Oc1cc(-c2ccc3c(c2)Sc2ccccc2N3)ccc1Nc1ccccc1. The third kappa shape index (κ3) is 6.61. The molecule has 238 valence electrons. The highest BCUT2D eigenvalue weighted by Gasteiger charge is 2.18. The van der Waals surface area contributed by atoms with Crippen LogP contribution in [0, 0.1) is 0 Å². The molecule has 0 saturated carbocycles. The van der Waals surface area contributed by atoms with E-state index in [1.807, 2.05) is 49.4 Å². The van der Waals surface area contributed by atoms with Gasteiger partial charge in [-0.05, 0) is 108 Å². The van der Waals surface area contributed by atoms with Gasteiger partial charge in [0.2, 0.25) is 0 Å². The van der Waals surface area contributed by atoms with Crippen molar-refractivity contribution in [1.29, 1.82) is 0 Å². The van der Waals surface area contributed by atoms with Gasteiger partial charge in [0, 0.05) is 25.3 Å². The zero-order valence-corrected chi connectivity index (χ0v) is 28.5. The van der Waals surface area contributed by atoms with Crippen molar-refractivity contribution in [3.63, 3.8) is 0 Å². The smallest absolute Gasteiger partial charge is 0.151 e. The summed E-state index contributed by atoms with van der Waals surface area (Å²) >= 11 is 3.57. The second-order valence-electron chi connectivity index (χ2n) is 11.7. The molecule has 0 amide bonds. The summed E-state index contributed by atoms with van der Waals surface area (Å²) in [5.41, 5.74) is 10.6. The van der Waals surface area contributed by atoms with Gasteiger partial charge in [-0.2, -0.15) is 0 Å². The van der Waals surface area contributed by atoms with Gasteiger partial charge in [0.15, 0.2) is 5.75 Å². The number of hydrogen-bond acceptors (Lipinski definition) is 6. The number of rotatable bonds is 8. The van der Waals surface area contributed by atoms with Crippen molar-refractivity contribution >= 4 is 63.2 Å². The molecule has 0 spiro atoms. The third-order valence-corrected chi connectivity index (χ3v) is 10.6. The Balaban J connectivity index is 1.10. The summed E-state index contributed by atoms with van der Waals surface area (Å²) in [6.45, 7) is 6.38. The summed E-state index contributed by atoms with van der Waals surface area (Å²) in [5, 5.41) is 10.7. The summed E-state index contributed by atoms with van der Waals surface area (Å²) in [7, 11) is 0. The molecule has 0 bridgehead atoms. The molecule has 6 heteroatoms. The molecule has 0 saturated heterocycles. The van der Waals surface area contributed by atoms with Crippen molar-refractivity contribution in [3.8, 4) is 16.9 Å². The van der Waals surface area contributed by atoms with Crippen LogP contribution in [0.4, 0.5) is 34.1 Å². The lowest BCUT2D eigenvalue weighted by Crippen LogP contribution is -2.01. The van der Waals surface area contributed by atoms with Crippen LogP contribution in [-0.2, 0) is 0 Å². The van der Waals surface area contributed by atoms with Crippen molar-refractivity contribution in [2.75, 3.05) is 16.0 Å². The first kappa shape index (κ1) is 30.8. The van der Waals surface area contributed by atoms with E-state index >= 15 is 0 Å². The summed E-state index contributed by atoms with van der Waals surface area (Å²) in [5.74, 6) is 1.23. The van der Waals surface area contributed by atoms with E-state index in [4.69, 9.17) is 4.74 Å². The van der Waals surface area contributed by atoms with Crippen molar-refractivity contribution in [1.82, 2.24) is 0 Å². The van der Waals surface area contributed by atoms with Crippen LogP contribution in [0.3, 0.4) is 0 Å². The first-order chi connectivity index (χ1) is 24.1. The number of ether oxygens (including phenoxy) is 1. The largest absolute Gasteiger partial charge is 0.456 e. The van der Waals surface area contributed by atoms with Gasteiger partial charge in [0.1, 0.15) is 5.76 Å². The van der Waals surface area contributed by atoms with E-state index in [9.17, 15) is 0 Å². The van der Waals surface area contributed by atoms with Gasteiger partial charge in [-0.15, -0.1) is 0 Å². The average molecular weight is 672 g/mol. The monoisotopic (exact) mass is 671 g/mol. The molecule has 6 aromatic rings. The maximum Gasteiger partial charge on any atom is 0.151 e. The van der Waals surface area contributed by atoms with Crippen molar-refractivity contribution < 1.29 is 4.74 Å². The number of nitrogens with one attached hydrogen (secondary N) is 3. The Bertz CT molecular complexity index is 2280. The Kier molecular flexibility index (Phi) is 8.48. The lowest BCUT2D eigenvalue weighted by Gasteiger charge is -2.22. The molecule has 49 heavy (non-hydrogen) atoms. The molecule has 0 atom stereocenters. The molecule has 2 aliphatic heterocycles. The van der Waals surface area contributed by atoms with Gasteiger partial charge in [-0.25, -0.2) is 0 Å². The molecule has 8 rings (SSSR count). The average Bonchev–Trinajstić information content (AvgIpc) is 3.13. The van der Waals surface area contributed by atoms with Crippen LogP contribution in [0.2, 0.25) is 0 Å². The molecule has 3 N–H and O–H groups in total. The Hall–Kier alpha value is -5.56. The van der Waals surface area contributed by atoms with Crippen LogP contribution in [0.15, 0.2) is 184 Å². The van der Waals surface area contributed by atoms with Gasteiger partial charge in [-0.3, -0.25) is 0 Å². The van der Waals surface area contributed by atoms with Crippen LogP contribution in [-0.4, -0.2) is 0 Å². The van der Waals surface area contributed by atoms with E-state index in [0.29, 0.717) is 11.5 Å². The Labute approximate surface area is 295 Å². The number of anilines is 6. The molecule has 2 aliphatic rings. The van der Waals surface area contributed by atoms with Crippen molar-refractivity contribution in [3.05, 3.63) is 170 Å². The molecule has 0 fully saturated rings. The van der Waals surface area contributed by atoms with E-state index in [0.717, 1.165) is 56.4 Å². The molecule has 4 nitrogen and oxygen atoms in total. The summed E-state index contributed by atoms with van der Waals surface area (Å²) in [4.78, 5) is 4.81. The number of fused-ring (bicyclic) bond motifs is 4. The van der Waals surface area contributed by atoms with Crippen LogP contribution in [0.1, 0.15) is 12.5 Å². The predicted molar refractivity (Wildman–Crippen MR) is 208 cm³/mol. The zero-order valence-electron chi connectivity index (χ0n) is 26.9. The Morgan fingerprint density at radius 1 is 0.633 bits per heavy atom. The maximum absolute atomic E-state index is 6.59. The highest BCUT2D eigenvalue weighted by molar-refractivity contribution is 8.00. The minimum absolute atomic E-state index is 0.539. The Morgan fingerprint density at radius 2 is 1.22 bits per heavy atom. The predicted octanol–water partition coefficient (Wildman–Crippen LogP) is 13.1. The van der Waals surface area contributed by atoms with Gasteiger partial charge in [-0.1, -0.05) is 103 Å².